The number of hydrogen-bond donors (Lipinski definition) is 1. The molecule has 0 aromatic heterocycles. The third-order valence-corrected chi connectivity index (χ3v) is 6.71. The van der Waals surface area contributed by atoms with Crippen LogP contribution in [0.25, 0.3) is 0 Å². The van der Waals surface area contributed by atoms with Crippen LogP contribution in [-0.4, -0.2) is 19.3 Å². The molecule has 21 heavy (non-hydrogen) atoms. The number of nitrogens with one attached hydrogen (secondary N) is 1. The Hall–Kier alpha value is -0.530. The van der Waals surface area contributed by atoms with Gasteiger partial charge in [0.15, 0.2) is 0 Å². The molecule has 0 aliphatic heterocycles. The number of sulfonamides is 1. The van der Waals surface area contributed by atoms with E-state index in [2.05, 4.69) is 27.6 Å². The molecule has 0 unspecified atom stereocenters. The second-order valence-electron chi connectivity index (χ2n) is 5.78. The van der Waals surface area contributed by atoms with Gasteiger partial charge in [-0.05, 0) is 43.7 Å². The number of halogens is 3. The van der Waals surface area contributed by atoms with Gasteiger partial charge in [0.25, 0.3) is 0 Å². The SMILES string of the molecule is CC1CCC(CBr)(NS(=O)(=O)c2ccc(F)cc2F)CC1. The summed E-state index contributed by atoms with van der Waals surface area (Å²) in [5.41, 5.74) is -0.605. The van der Waals surface area contributed by atoms with Crippen LogP contribution in [0.15, 0.2) is 23.1 Å². The molecule has 0 radical (unpaired) electrons. The van der Waals surface area contributed by atoms with Gasteiger partial charge in [0.05, 0.1) is 0 Å². The Bertz CT molecular complexity index is 613. The van der Waals surface area contributed by atoms with Gasteiger partial charge in [-0.1, -0.05) is 22.9 Å². The summed E-state index contributed by atoms with van der Waals surface area (Å²) in [6.45, 7) is 2.13. The Morgan fingerprint density at radius 1 is 1.33 bits per heavy atom. The van der Waals surface area contributed by atoms with Crippen molar-refractivity contribution in [1.82, 2.24) is 4.72 Å². The van der Waals surface area contributed by atoms with Crippen molar-refractivity contribution >= 4 is 26.0 Å². The van der Waals surface area contributed by atoms with E-state index in [-0.39, 0.29) is 0 Å². The maximum absolute atomic E-state index is 13.7. The molecule has 0 atom stereocenters. The molecule has 0 saturated heterocycles. The highest BCUT2D eigenvalue weighted by molar-refractivity contribution is 9.09. The molecule has 0 spiro atoms. The summed E-state index contributed by atoms with van der Waals surface area (Å²) < 4.78 is 54.0. The normalized spacial score (nSPS) is 26.8. The quantitative estimate of drug-likeness (QED) is 0.810. The van der Waals surface area contributed by atoms with Crippen molar-refractivity contribution in [3.05, 3.63) is 29.8 Å². The minimum absolute atomic E-state index is 0.467. The van der Waals surface area contributed by atoms with Gasteiger partial charge < -0.3 is 0 Å². The first-order chi connectivity index (χ1) is 9.78. The largest absolute Gasteiger partial charge is 0.244 e. The molecule has 2 rings (SSSR count). The van der Waals surface area contributed by atoms with E-state index < -0.39 is 32.1 Å². The zero-order valence-corrected chi connectivity index (χ0v) is 14.1. The number of hydrogen-bond acceptors (Lipinski definition) is 2. The average molecular weight is 382 g/mol. The lowest BCUT2D eigenvalue weighted by Gasteiger charge is -2.38. The molecule has 1 aromatic carbocycles. The number of alkyl halides is 1. The zero-order chi connectivity index (χ0) is 15.7. The van der Waals surface area contributed by atoms with Crippen LogP contribution in [-0.2, 0) is 10.0 Å². The van der Waals surface area contributed by atoms with Gasteiger partial charge in [-0.15, -0.1) is 0 Å². The summed E-state index contributed by atoms with van der Waals surface area (Å²) in [4.78, 5) is -0.511. The Morgan fingerprint density at radius 2 is 1.95 bits per heavy atom. The fraction of sp³-hybridized carbons (Fsp3) is 0.571. The predicted molar refractivity (Wildman–Crippen MR) is 80.8 cm³/mol. The topological polar surface area (TPSA) is 46.2 Å². The molecular formula is C14H18BrF2NO2S. The van der Waals surface area contributed by atoms with E-state index in [1.54, 1.807) is 0 Å². The second kappa shape index (κ2) is 6.30. The van der Waals surface area contributed by atoms with Crippen LogP contribution < -0.4 is 4.72 Å². The Labute approximate surface area is 132 Å². The summed E-state index contributed by atoms with van der Waals surface area (Å²) in [5, 5.41) is 0.467. The van der Waals surface area contributed by atoms with Crippen molar-refractivity contribution < 1.29 is 17.2 Å². The lowest BCUT2D eigenvalue weighted by atomic mass is 9.79. The third-order valence-electron chi connectivity index (χ3n) is 4.02. The van der Waals surface area contributed by atoms with Gasteiger partial charge in [0.2, 0.25) is 10.0 Å². The molecule has 1 aliphatic rings. The first kappa shape index (κ1) is 16.8. The van der Waals surface area contributed by atoms with Crippen molar-refractivity contribution in [3.8, 4) is 0 Å². The van der Waals surface area contributed by atoms with E-state index in [0.717, 1.165) is 25.0 Å². The van der Waals surface area contributed by atoms with E-state index >= 15 is 0 Å². The van der Waals surface area contributed by atoms with Gasteiger partial charge in [0.1, 0.15) is 16.5 Å². The van der Waals surface area contributed by atoms with Gasteiger partial charge in [-0.3, -0.25) is 0 Å². The standard InChI is InChI=1S/C14H18BrF2NO2S/c1-10-4-6-14(9-15,7-5-10)18-21(19,20)13-3-2-11(16)8-12(13)17/h2-3,8,10,18H,4-7,9H2,1H3. The minimum atomic E-state index is -4.02. The van der Waals surface area contributed by atoms with E-state index in [1.807, 2.05) is 0 Å². The number of benzene rings is 1. The highest BCUT2D eigenvalue weighted by atomic mass is 79.9. The third kappa shape index (κ3) is 3.81. The minimum Gasteiger partial charge on any atom is -0.207 e. The van der Waals surface area contributed by atoms with Crippen LogP contribution in [0.4, 0.5) is 8.78 Å². The predicted octanol–water partition coefficient (Wildman–Crippen LogP) is 3.59. The monoisotopic (exact) mass is 381 g/mol. The van der Waals surface area contributed by atoms with Gasteiger partial charge in [0, 0.05) is 16.9 Å². The maximum Gasteiger partial charge on any atom is 0.244 e. The van der Waals surface area contributed by atoms with Crippen molar-refractivity contribution in [2.75, 3.05) is 5.33 Å². The molecule has 0 heterocycles. The van der Waals surface area contributed by atoms with E-state index in [4.69, 9.17) is 0 Å². The molecule has 1 saturated carbocycles. The fourth-order valence-electron chi connectivity index (χ4n) is 2.61. The van der Waals surface area contributed by atoms with Crippen molar-refractivity contribution in [2.24, 2.45) is 5.92 Å². The maximum atomic E-state index is 13.7. The molecule has 1 N–H and O–H groups in total. The van der Waals surface area contributed by atoms with Crippen molar-refractivity contribution in [1.29, 1.82) is 0 Å². The summed E-state index contributed by atoms with van der Waals surface area (Å²) in [6.07, 6.45) is 3.23. The van der Waals surface area contributed by atoms with Crippen LogP contribution in [0.2, 0.25) is 0 Å². The summed E-state index contributed by atoms with van der Waals surface area (Å²) >= 11 is 3.36. The van der Waals surface area contributed by atoms with Crippen LogP contribution in [0.3, 0.4) is 0 Å². The van der Waals surface area contributed by atoms with Gasteiger partial charge in [-0.2, -0.15) is 0 Å². The van der Waals surface area contributed by atoms with Crippen LogP contribution in [0.5, 0.6) is 0 Å². The van der Waals surface area contributed by atoms with Gasteiger partial charge >= 0.3 is 0 Å². The Kier molecular flexibility index (Phi) is 5.05. The first-order valence-electron chi connectivity index (χ1n) is 6.83. The van der Waals surface area contributed by atoms with Crippen LogP contribution in [0.1, 0.15) is 32.6 Å². The second-order valence-corrected chi connectivity index (χ2v) is 7.99. The molecule has 3 nitrogen and oxygen atoms in total. The molecule has 118 valence electrons. The molecule has 7 heteroatoms. The molecule has 0 amide bonds. The molecular weight excluding hydrogens is 364 g/mol. The van der Waals surface area contributed by atoms with Crippen LogP contribution >= 0.6 is 15.9 Å². The van der Waals surface area contributed by atoms with Crippen molar-refractivity contribution in [3.63, 3.8) is 0 Å². The summed E-state index contributed by atoms with van der Waals surface area (Å²) in [7, 11) is -4.02. The highest BCUT2D eigenvalue weighted by Crippen LogP contribution is 2.34. The van der Waals surface area contributed by atoms with E-state index in [1.165, 1.54) is 0 Å². The Morgan fingerprint density at radius 3 is 2.48 bits per heavy atom. The average Bonchev–Trinajstić information content (AvgIpc) is 2.41. The zero-order valence-electron chi connectivity index (χ0n) is 11.7. The molecule has 1 aromatic rings. The Balaban J connectivity index is 2.27. The molecule has 1 fully saturated rings. The first-order valence-corrected chi connectivity index (χ1v) is 9.43. The lowest BCUT2D eigenvalue weighted by Crippen LogP contribution is -2.52. The molecule has 1 aliphatic carbocycles. The fourth-order valence-corrected chi connectivity index (χ4v) is 5.02. The number of rotatable bonds is 4. The van der Waals surface area contributed by atoms with E-state index in [9.17, 15) is 17.2 Å². The lowest BCUT2D eigenvalue weighted by molar-refractivity contribution is 0.249. The molecule has 0 bridgehead atoms. The highest BCUT2D eigenvalue weighted by Gasteiger charge is 2.38. The van der Waals surface area contributed by atoms with E-state index in [0.29, 0.717) is 30.2 Å². The van der Waals surface area contributed by atoms with Crippen molar-refractivity contribution in [2.45, 2.75) is 43.0 Å². The van der Waals surface area contributed by atoms with Gasteiger partial charge in [-0.25, -0.2) is 21.9 Å². The summed E-state index contributed by atoms with van der Waals surface area (Å²) in [6, 6.07) is 2.49. The van der Waals surface area contributed by atoms with Crippen LogP contribution in [0, 0.1) is 17.6 Å². The summed E-state index contributed by atoms with van der Waals surface area (Å²) in [5.74, 6) is -1.31. The smallest absolute Gasteiger partial charge is 0.207 e.